The lowest BCUT2D eigenvalue weighted by Gasteiger charge is -2.09. The third kappa shape index (κ3) is 4.09. The highest BCUT2D eigenvalue weighted by Gasteiger charge is 2.38. The summed E-state index contributed by atoms with van der Waals surface area (Å²) in [4.78, 5) is 11.0. The van der Waals surface area contributed by atoms with Crippen molar-refractivity contribution in [1.29, 1.82) is 0 Å². The molecule has 0 aromatic heterocycles. The van der Waals surface area contributed by atoms with E-state index < -0.39 is 17.9 Å². The first kappa shape index (κ1) is 15.6. The number of halogens is 4. The molecule has 0 atom stereocenters. The van der Waals surface area contributed by atoms with E-state index in [2.05, 4.69) is 11.8 Å². The van der Waals surface area contributed by atoms with Crippen molar-refractivity contribution < 1.29 is 22.4 Å². The van der Waals surface area contributed by atoms with Crippen molar-refractivity contribution in [3.63, 3.8) is 0 Å². The van der Waals surface area contributed by atoms with Gasteiger partial charge in [0.2, 0.25) is 0 Å². The average Bonchev–Trinajstić information content (AvgIpc) is 2.45. The van der Waals surface area contributed by atoms with Crippen LogP contribution in [0.1, 0.15) is 11.1 Å². The Morgan fingerprint density at radius 3 is 2.41 bits per heavy atom. The van der Waals surface area contributed by atoms with Gasteiger partial charge in [0.15, 0.2) is 0 Å². The Morgan fingerprint density at radius 1 is 1.00 bits per heavy atom. The van der Waals surface area contributed by atoms with E-state index in [1.165, 1.54) is 36.4 Å². The first-order chi connectivity index (χ1) is 10.4. The van der Waals surface area contributed by atoms with E-state index in [1.54, 1.807) is 17.4 Å². The summed E-state index contributed by atoms with van der Waals surface area (Å²) in [5, 5.41) is 1.76. The lowest BCUT2D eigenvalue weighted by molar-refractivity contribution is -0.167. The van der Waals surface area contributed by atoms with Gasteiger partial charge in [0, 0.05) is 11.1 Å². The van der Waals surface area contributed by atoms with E-state index in [0.29, 0.717) is 5.56 Å². The highest BCUT2D eigenvalue weighted by atomic mass is 19.4. The maximum Gasteiger partial charge on any atom is 0.471 e. The zero-order chi connectivity index (χ0) is 16.2. The fourth-order valence-electron chi connectivity index (χ4n) is 1.60. The van der Waals surface area contributed by atoms with Crippen molar-refractivity contribution in [1.82, 2.24) is 0 Å². The summed E-state index contributed by atoms with van der Waals surface area (Å²) in [7, 11) is 0. The summed E-state index contributed by atoms with van der Waals surface area (Å²) in [6.07, 6.45) is -4.98. The number of carbonyl (C=O) groups excluding carboxylic acids is 1. The molecule has 2 rings (SSSR count). The summed E-state index contributed by atoms with van der Waals surface area (Å²) in [5.74, 6) is 2.70. The lowest BCUT2D eigenvalue weighted by Crippen LogP contribution is -2.30. The minimum absolute atomic E-state index is 0.0614. The molecular formula is C16H9F4NO. The van der Waals surface area contributed by atoms with Crippen molar-refractivity contribution in [2.24, 2.45) is 0 Å². The van der Waals surface area contributed by atoms with Gasteiger partial charge in [-0.05, 0) is 30.3 Å². The van der Waals surface area contributed by atoms with Crippen LogP contribution >= 0.6 is 0 Å². The number of benzene rings is 2. The lowest BCUT2D eigenvalue weighted by atomic mass is 10.1. The zero-order valence-electron chi connectivity index (χ0n) is 11.0. The topological polar surface area (TPSA) is 29.1 Å². The maximum absolute atomic E-state index is 13.0. The third-order valence-corrected chi connectivity index (χ3v) is 2.60. The van der Waals surface area contributed by atoms with E-state index in [1.807, 2.05) is 0 Å². The highest BCUT2D eigenvalue weighted by Crippen LogP contribution is 2.20. The van der Waals surface area contributed by atoms with Crippen molar-refractivity contribution in [2.45, 2.75) is 6.18 Å². The number of rotatable bonds is 1. The molecule has 0 saturated carbocycles. The van der Waals surface area contributed by atoms with E-state index in [4.69, 9.17) is 0 Å². The average molecular weight is 307 g/mol. The smallest absolute Gasteiger partial charge is 0.317 e. The predicted molar refractivity (Wildman–Crippen MR) is 73.5 cm³/mol. The maximum atomic E-state index is 13.0. The van der Waals surface area contributed by atoms with Gasteiger partial charge in [-0.1, -0.05) is 30.0 Å². The SMILES string of the molecule is O=C(Nc1ccccc1C#Cc1cccc(F)c1)C(F)(F)F. The number of nitrogens with one attached hydrogen (secondary N) is 1. The van der Waals surface area contributed by atoms with Crippen LogP contribution in [0.5, 0.6) is 0 Å². The molecule has 2 aromatic rings. The number of hydrogen-bond acceptors (Lipinski definition) is 1. The van der Waals surface area contributed by atoms with Gasteiger partial charge in [0.05, 0.1) is 5.69 Å². The molecule has 0 unspecified atom stereocenters. The first-order valence-electron chi connectivity index (χ1n) is 6.11. The van der Waals surface area contributed by atoms with Crippen LogP contribution in [-0.2, 0) is 4.79 Å². The molecule has 2 nitrogen and oxygen atoms in total. The minimum Gasteiger partial charge on any atom is -0.317 e. The van der Waals surface area contributed by atoms with E-state index >= 15 is 0 Å². The molecule has 112 valence electrons. The number of anilines is 1. The molecule has 1 N–H and O–H groups in total. The molecule has 0 heterocycles. The van der Waals surface area contributed by atoms with Gasteiger partial charge < -0.3 is 5.32 Å². The standard InChI is InChI=1S/C16H9F4NO/c17-13-6-3-4-11(10-13)8-9-12-5-1-2-7-14(12)21-15(22)16(18,19)20/h1-7,10H,(H,21,22). The predicted octanol–water partition coefficient (Wildman–Crippen LogP) is 3.73. The summed E-state index contributed by atoms with van der Waals surface area (Å²) in [5.41, 5.74) is 0.509. The van der Waals surface area contributed by atoms with Crippen LogP contribution in [0.2, 0.25) is 0 Å². The van der Waals surface area contributed by atoms with Crippen molar-refractivity contribution in [3.8, 4) is 11.8 Å². The van der Waals surface area contributed by atoms with Crippen molar-refractivity contribution in [2.75, 3.05) is 5.32 Å². The van der Waals surface area contributed by atoms with Crippen LogP contribution in [0.25, 0.3) is 0 Å². The first-order valence-corrected chi connectivity index (χ1v) is 6.11. The van der Waals surface area contributed by atoms with Crippen molar-refractivity contribution in [3.05, 3.63) is 65.5 Å². The molecule has 0 fully saturated rings. The third-order valence-electron chi connectivity index (χ3n) is 2.60. The molecule has 0 bridgehead atoms. The molecule has 0 radical (unpaired) electrons. The van der Waals surface area contributed by atoms with E-state index in [-0.39, 0.29) is 11.3 Å². The van der Waals surface area contributed by atoms with Crippen LogP contribution in [0, 0.1) is 17.7 Å². The Morgan fingerprint density at radius 2 is 1.73 bits per heavy atom. The highest BCUT2D eigenvalue weighted by molar-refractivity contribution is 5.96. The Bertz CT molecular complexity index is 756. The summed E-state index contributed by atoms with van der Waals surface area (Å²) < 4.78 is 49.8. The minimum atomic E-state index is -4.98. The summed E-state index contributed by atoms with van der Waals surface area (Å²) >= 11 is 0. The van der Waals surface area contributed by atoms with Crippen molar-refractivity contribution >= 4 is 11.6 Å². The summed E-state index contributed by atoms with van der Waals surface area (Å²) in [6.45, 7) is 0. The van der Waals surface area contributed by atoms with Crippen LogP contribution in [0.15, 0.2) is 48.5 Å². The molecule has 6 heteroatoms. The number of amides is 1. The van der Waals surface area contributed by atoms with Gasteiger partial charge >= 0.3 is 12.1 Å². The normalized spacial score (nSPS) is 10.5. The van der Waals surface area contributed by atoms with Gasteiger partial charge in [-0.2, -0.15) is 13.2 Å². The summed E-state index contributed by atoms with van der Waals surface area (Å²) in [6, 6.07) is 11.3. The molecule has 2 aromatic carbocycles. The number of alkyl halides is 3. The Hall–Kier alpha value is -2.81. The molecule has 1 amide bonds. The van der Waals surface area contributed by atoms with E-state index in [0.717, 1.165) is 0 Å². The fourth-order valence-corrected chi connectivity index (χ4v) is 1.60. The molecule has 0 aliphatic carbocycles. The molecule has 0 aliphatic rings. The van der Waals surface area contributed by atoms with Gasteiger partial charge in [0.1, 0.15) is 5.82 Å². The Balaban J connectivity index is 2.28. The number of carbonyl (C=O) groups is 1. The molecule has 0 saturated heterocycles. The number of hydrogen-bond donors (Lipinski definition) is 1. The number of para-hydroxylation sites is 1. The molecule has 22 heavy (non-hydrogen) atoms. The van der Waals surface area contributed by atoms with Gasteiger partial charge in [-0.3, -0.25) is 4.79 Å². The Kier molecular flexibility index (Phi) is 4.47. The molecule has 0 aliphatic heterocycles. The van der Waals surface area contributed by atoms with Crippen LogP contribution in [0.4, 0.5) is 23.2 Å². The monoisotopic (exact) mass is 307 g/mol. The zero-order valence-corrected chi connectivity index (χ0v) is 11.0. The second kappa shape index (κ2) is 6.31. The van der Waals surface area contributed by atoms with Crippen LogP contribution in [0.3, 0.4) is 0 Å². The van der Waals surface area contributed by atoms with Crippen LogP contribution < -0.4 is 5.32 Å². The van der Waals surface area contributed by atoms with Gasteiger partial charge in [-0.15, -0.1) is 0 Å². The second-order valence-corrected chi connectivity index (χ2v) is 4.26. The Labute approximate surface area is 123 Å². The quantitative estimate of drug-likeness (QED) is 0.631. The van der Waals surface area contributed by atoms with Gasteiger partial charge in [-0.25, -0.2) is 4.39 Å². The van der Waals surface area contributed by atoms with E-state index in [9.17, 15) is 22.4 Å². The molecular weight excluding hydrogens is 298 g/mol. The largest absolute Gasteiger partial charge is 0.471 e. The fraction of sp³-hybridized carbons (Fsp3) is 0.0625. The second-order valence-electron chi connectivity index (χ2n) is 4.26. The molecule has 0 spiro atoms. The van der Waals surface area contributed by atoms with Crippen LogP contribution in [-0.4, -0.2) is 12.1 Å². The van der Waals surface area contributed by atoms with Gasteiger partial charge in [0.25, 0.3) is 0 Å².